The van der Waals surface area contributed by atoms with E-state index in [-0.39, 0.29) is 24.0 Å². The van der Waals surface area contributed by atoms with E-state index < -0.39 is 6.04 Å². The van der Waals surface area contributed by atoms with Crippen molar-refractivity contribution in [1.29, 1.82) is 0 Å². The zero-order chi connectivity index (χ0) is 33.9. The van der Waals surface area contributed by atoms with E-state index >= 15 is 0 Å². The molecule has 0 saturated heterocycles. The van der Waals surface area contributed by atoms with Gasteiger partial charge in [0, 0.05) is 23.3 Å². The van der Waals surface area contributed by atoms with Crippen molar-refractivity contribution < 1.29 is 38.0 Å². The standard InChI is InChI=1S/C38H38N2O8/c1-43-30-18-24(19-31(44-2)36(30)47-5)23-16-27-34(29(41)17-23)35(25-20-32(45-3)37(48-6)33(21-25)46-4)40(28-15-11-10-14-26(28)39-27)38(42)22-12-8-7-9-13-22/h7-15,18-21,23,35,39H,16-17H2,1-6H3/t23-,35+/m0/s1. The fourth-order valence-electron chi connectivity index (χ4n) is 6.68. The van der Waals surface area contributed by atoms with Crippen molar-refractivity contribution >= 4 is 23.1 Å². The van der Waals surface area contributed by atoms with Crippen LogP contribution in [0.25, 0.3) is 0 Å². The number of carbonyl (C=O) groups excluding carboxylic acids is 2. The second-order valence-electron chi connectivity index (χ2n) is 11.4. The average Bonchev–Trinajstić information content (AvgIpc) is 3.28. The van der Waals surface area contributed by atoms with Gasteiger partial charge in [-0.3, -0.25) is 14.5 Å². The minimum atomic E-state index is -0.842. The van der Waals surface area contributed by atoms with E-state index in [1.807, 2.05) is 54.6 Å². The van der Waals surface area contributed by atoms with Crippen LogP contribution in [-0.2, 0) is 4.79 Å². The van der Waals surface area contributed by atoms with Crippen molar-refractivity contribution in [1.82, 2.24) is 0 Å². The van der Waals surface area contributed by atoms with Gasteiger partial charge in [0.2, 0.25) is 11.5 Å². The van der Waals surface area contributed by atoms with Crippen LogP contribution in [0.5, 0.6) is 34.5 Å². The van der Waals surface area contributed by atoms with E-state index in [0.717, 1.165) is 5.56 Å². The van der Waals surface area contributed by atoms with Crippen LogP contribution in [0, 0.1) is 0 Å². The second kappa shape index (κ2) is 13.6. The topological polar surface area (TPSA) is 105 Å². The fourth-order valence-corrected chi connectivity index (χ4v) is 6.68. The van der Waals surface area contributed by atoms with Crippen LogP contribution >= 0.6 is 0 Å². The van der Waals surface area contributed by atoms with Gasteiger partial charge in [-0.15, -0.1) is 0 Å². The summed E-state index contributed by atoms with van der Waals surface area (Å²) >= 11 is 0. The maximum atomic E-state index is 14.7. The third-order valence-electron chi connectivity index (χ3n) is 8.89. The summed E-state index contributed by atoms with van der Waals surface area (Å²) in [4.78, 5) is 31.0. The zero-order valence-electron chi connectivity index (χ0n) is 27.8. The Morgan fingerprint density at radius 3 is 1.73 bits per heavy atom. The van der Waals surface area contributed by atoms with Gasteiger partial charge in [-0.1, -0.05) is 30.3 Å². The fraction of sp³-hybridized carbons (Fsp3) is 0.263. The first kappa shape index (κ1) is 32.3. The van der Waals surface area contributed by atoms with E-state index in [2.05, 4.69) is 5.32 Å². The molecule has 0 aromatic heterocycles. The smallest absolute Gasteiger partial charge is 0.259 e. The second-order valence-corrected chi connectivity index (χ2v) is 11.4. The molecule has 1 aliphatic carbocycles. The van der Waals surface area contributed by atoms with Gasteiger partial charge in [0.05, 0.1) is 60.1 Å². The Hall–Kier alpha value is -5.64. The highest BCUT2D eigenvalue weighted by Gasteiger charge is 2.43. The number of nitrogens with zero attached hydrogens (tertiary/aromatic N) is 1. The highest BCUT2D eigenvalue weighted by molar-refractivity contribution is 6.12. The summed E-state index contributed by atoms with van der Waals surface area (Å²) in [6.07, 6.45) is 0.659. The van der Waals surface area contributed by atoms with E-state index in [9.17, 15) is 9.59 Å². The molecule has 2 atom stereocenters. The highest BCUT2D eigenvalue weighted by atomic mass is 16.5. The zero-order valence-corrected chi connectivity index (χ0v) is 27.8. The molecule has 6 rings (SSSR count). The van der Waals surface area contributed by atoms with Crippen molar-refractivity contribution in [2.75, 3.05) is 52.9 Å². The number of fused-ring (bicyclic) bond motifs is 1. The predicted molar refractivity (Wildman–Crippen MR) is 182 cm³/mol. The summed E-state index contributed by atoms with van der Waals surface area (Å²) in [6, 6.07) is 23.2. The molecule has 4 aromatic rings. The van der Waals surface area contributed by atoms with E-state index in [0.29, 0.717) is 74.7 Å². The molecule has 1 heterocycles. The number of nitrogens with one attached hydrogen (secondary N) is 1. The van der Waals surface area contributed by atoms with Gasteiger partial charge >= 0.3 is 0 Å². The lowest BCUT2D eigenvalue weighted by atomic mass is 9.78. The SMILES string of the molecule is COc1cc([C@@H]2CC(=O)C3=C(C2)Nc2ccccc2N(C(=O)c2ccccc2)[C@@H]3c2cc(OC)c(OC)c(OC)c2)cc(OC)c1OC. The lowest BCUT2D eigenvalue weighted by molar-refractivity contribution is -0.116. The number of amides is 1. The van der Waals surface area contributed by atoms with Crippen LogP contribution < -0.4 is 38.6 Å². The molecule has 10 heteroatoms. The molecular weight excluding hydrogens is 612 g/mol. The Morgan fingerprint density at radius 1 is 0.667 bits per heavy atom. The molecule has 0 spiro atoms. The van der Waals surface area contributed by atoms with Gasteiger partial charge in [-0.25, -0.2) is 0 Å². The minimum Gasteiger partial charge on any atom is -0.493 e. The number of hydrogen-bond acceptors (Lipinski definition) is 9. The van der Waals surface area contributed by atoms with Gasteiger partial charge in [0.25, 0.3) is 5.91 Å². The predicted octanol–water partition coefficient (Wildman–Crippen LogP) is 6.95. The molecule has 10 nitrogen and oxygen atoms in total. The van der Waals surface area contributed by atoms with Gasteiger partial charge in [-0.2, -0.15) is 0 Å². The van der Waals surface area contributed by atoms with Crippen LogP contribution in [-0.4, -0.2) is 54.3 Å². The Morgan fingerprint density at radius 2 is 1.19 bits per heavy atom. The first-order valence-electron chi connectivity index (χ1n) is 15.5. The molecular formula is C38H38N2O8. The summed E-state index contributed by atoms with van der Waals surface area (Å²) < 4.78 is 33.9. The third-order valence-corrected chi connectivity index (χ3v) is 8.89. The van der Waals surface area contributed by atoms with Crippen molar-refractivity contribution in [3.05, 3.63) is 107 Å². The molecule has 48 heavy (non-hydrogen) atoms. The quantitative estimate of drug-likeness (QED) is 0.206. The number of Topliss-reactive ketones (excluding diaryl/α,β-unsaturated/α-hetero) is 1. The molecule has 2 aliphatic rings. The van der Waals surface area contributed by atoms with E-state index in [1.165, 1.54) is 21.3 Å². The minimum absolute atomic E-state index is 0.111. The lowest BCUT2D eigenvalue weighted by Gasteiger charge is -2.35. The maximum absolute atomic E-state index is 14.7. The number of rotatable bonds is 9. The monoisotopic (exact) mass is 650 g/mol. The van der Waals surface area contributed by atoms with Crippen LogP contribution in [0.3, 0.4) is 0 Å². The van der Waals surface area contributed by atoms with Crippen LogP contribution in [0.4, 0.5) is 11.4 Å². The molecule has 4 aromatic carbocycles. The molecule has 248 valence electrons. The number of ether oxygens (including phenoxy) is 6. The molecule has 0 bridgehead atoms. The molecule has 0 fully saturated rings. The highest BCUT2D eigenvalue weighted by Crippen LogP contribution is 2.51. The normalized spacial score (nSPS) is 17.0. The van der Waals surface area contributed by atoms with Gasteiger partial charge in [0.1, 0.15) is 0 Å². The number of benzene rings is 4. The largest absolute Gasteiger partial charge is 0.493 e. The van der Waals surface area contributed by atoms with Gasteiger partial charge in [-0.05, 0) is 72.0 Å². The number of hydrogen-bond donors (Lipinski definition) is 1. The van der Waals surface area contributed by atoms with Crippen LogP contribution in [0.2, 0.25) is 0 Å². The number of methoxy groups -OCH3 is 6. The molecule has 1 N–H and O–H groups in total. The number of carbonyl (C=O) groups is 2. The molecule has 1 aliphatic heterocycles. The average molecular weight is 651 g/mol. The van der Waals surface area contributed by atoms with Crippen molar-refractivity contribution in [3.63, 3.8) is 0 Å². The van der Waals surface area contributed by atoms with E-state index in [1.54, 1.807) is 50.5 Å². The Labute approximate surface area is 279 Å². The number of para-hydroxylation sites is 2. The van der Waals surface area contributed by atoms with Crippen molar-refractivity contribution in [3.8, 4) is 34.5 Å². The summed E-state index contributed by atoms with van der Waals surface area (Å²) in [5.41, 5.74) is 4.48. The first-order chi connectivity index (χ1) is 23.4. The maximum Gasteiger partial charge on any atom is 0.259 e. The number of ketones is 1. The van der Waals surface area contributed by atoms with Crippen molar-refractivity contribution in [2.45, 2.75) is 24.8 Å². The summed E-state index contributed by atoms with van der Waals surface area (Å²) in [5.74, 6) is 2.11. The lowest BCUT2D eigenvalue weighted by Crippen LogP contribution is -2.38. The summed E-state index contributed by atoms with van der Waals surface area (Å²) in [5, 5.41) is 3.58. The molecule has 0 unspecified atom stereocenters. The van der Waals surface area contributed by atoms with Crippen molar-refractivity contribution in [2.24, 2.45) is 0 Å². The van der Waals surface area contributed by atoms with Crippen LogP contribution in [0.15, 0.2) is 90.1 Å². The number of allylic oxidation sites excluding steroid dienone is 1. The third kappa shape index (κ3) is 5.63. The Bertz CT molecular complexity index is 1840. The van der Waals surface area contributed by atoms with Gasteiger partial charge < -0.3 is 33.7 Å². The first-order valence-corrected chi connectivity index (χ1v) is 15.5. The van der Waals surface area contributed by atoms with E-state index in [4.69, 9.17) is 28.4 Å². The molecule has 0 saturated carbocycles. The van der Waals surface area contributed by atoms with Gasteiger partial charge in [0.15, 0.2) is 28.8 Å². The number of anilines is 2. The summed E-state index contributed by atoms with van der Waals surface area (Å²) in [7, 11) is 9.30. The van der Waals surface area contributed by atoms with Crippen LogP contribution in [0.1, 0.15) is 46.3 Å². The molecule has 0 radical (unpaired) electrons. The Balaban J connectivity index is 1.59. The Kier molecular flexibility index (Phi) is 9.16. The molecule has 1 amide bonds. The summed E-state index contributed by atoms with van der Waals surface area (Å²) in [6.45, 7) is 0.